The minimum Gasteiger partial charge on any atom is -0.481 e. The topological polar surface area (TPSA) is 150 Å². The molecule has 0 heterocycles. The number of carboxylic acid groups (broad SMARTS) is 2. The van der Waals surface area contributed by atoms with Gasteiger partial charge < -0.3 is 15.5 Å². The van der Waals surface area contributed by atoms with Gasteiger partial charge in [0.2, 0.25) is 15.9 Å². The highest BCUT2D eigenvalue weighted by Gasteiger charge is 2.37. The van der Waals surface area contributed by atoms with Crippen LogP contribution in [-0.2, 0) is 24.4 Å². The number of hydrogen-bond donors (Lipinski definition) is 4. The summed E-state index contributed by atoms with van der Waals surface area (Å²) in [5, 5.41) is 20.4. The third kappa shape index (κ3) is 5.32. The zero-order chi connectivity index (χ0) is 18.5. The van der Waals surface area contributed by atoms with Crippen LogP contribution in [0.4, 0.5) is 5.69 Å². The van der Waals surface area contributed by atoms with E-state index >= 15 is 0 Å². The maximum absolute atomic E-state index is 12.2. The number of nitrogens with one attached hydrogen (secondary N) is 2. The average Bonchev–Trinajstić information content (AvgIpc) is 2.44. The van der Waals surface area contributed by atoms with Gasteiger partial charge in [-0.05, 0) is 31.2 Å². The first-order chi connectivity index (χ1) is 11.0. The lowest BCUT2D eigenvalue weighted by molar-refractivity contribution is -0.154. The largest absolute Gasteiger partial charge is 0.481 e. The Kier molecular flexibility index (Phi) is 6.04. The van der Waals surface area contributed by atoms with Crippen molar-refractivity contribution in [1.29, 1.82) is 0 Å². The summed E-state index contributed by atoms with van der Waals surface area (Å²) in [7, 11) is -4.03. The first-order valence-corrected chi connectivity index (χ1v) is 8.27. The SMILES string of the molecule is CC(=O)Nc1ccc(S(=O)(=O)NCC(C)(CC(=O)O)C(=O)O)cc1. The Morgan fingerprint density at radius 3 is 2.08 bits per heavy atom. The van der Waals surface area contributed by atoms with E-state index in [9.17, 15) is 22.8 Å². The average molecular weight is 358 g/mol. The summed E-state index contributed by atoms with van der Waals surface area (Å²) in [4.78, 5) is 32.8. The summed E-state index contributed by atoms with van der Waals surface area (Å²) in [5.74, 6) is -3.08. The molecule has 4 N–H and O–H groups in total. The monoisotopic (exact) mass is 358 g/mol. The molecule has 0 aliphatic carbocycles. The molecule has 1 amide bonds. The van der Waals surface area contributed by atoms with Gasteiger partial charge in [0.15, 0.2) is 0 Å². The van der Waals surface area contributed by atoms with Gasteiger partial charge in [0, 0.05) is 19.2 Å². The molecule has 10 heteroatoms. The van der Waals surface area contributed by atoms with Crippen molar-refractivity contribution >= 4 is 33.6 Å². The summed E-state index contributed by atoms with van der Waals surface area (Å²) >= 11 is 0. The summed E-state index contributed by atoms with van der Waals surface area (Å²) in [6.07, 6.45) is -0.730. The van der Waals surface area contributed by atoms with Gasteiger partial charge in [-0.15, -0.1) is 0 Å². The molecule has 0 saturated heterocycles. The lowest BCUT2D eigenvalue weighted by Crippen LogP contribution is -2.42. The van der Waals surface area contributed by atoms with Crippen LogP contribution in [0.1, 0.15) is 20.3 Å². The molecule has 0 radical (unpaired) electrons. The molecular weight excluding hydrogens is 340 g/mol. The van der Waals surface area contributed by atoms with Gasteiger partial charge in [-0.25, -0.2) is 13.1 Å². The highest BCUT2D eigenvalue weighted by atomic mass is 32.2. The smallest absolute Gasteiger partial charge is 0.311 e. The Hall–Kier alpha value is -2.46. The van der Waals surface area contributed by atoms with Gasteiger partial charge in [-0.2, -0.15) is 0 Å². The van der Waals surface area contributed by atoms with Crippen molar-refractivity contribution in [3.05, 3.63) is 24.3 Å². The number of rotatable bonds is 8. The van der Waals surface area contributed by atoms with Crippen molar-refractivity contribution in [2.75, 3.05) is 11.9 Å². The van der Waals surface area contributed by atoms with E-state index in [-0.39, 0.29) is 10.8 Å². The molecule has 0 saturated carbocycles. The van der Waals surface area contributed by atoms with Crippen LogP contribution in [0.5, 0.6) is 0 Å². The molecule has 0 aliphatic rings. The summed E-state index contributed by atoms with van der Waals surface area (Å²) in [6.45, 7) is 1.87. The number of benzene rings is 1. The minimum absolute atomic E-state index is 0.139. The van der Waals surface area contributed by atoms with E-state index in [1.54, 1.807) is 0 Å². The zero-order valence-electron chi connectivity index (χ0n) is 13.1. The van der Waals surface area contributed by atoms with Crippen LogP contribution in [-0.4, -0.2) is 43.0 Å². The Morgan fingerprint density at radius 2 is 1.67 bits per heavy atom. The van der Waals surface area contributed by atoms with Crippen LogP contribution in [0.15, 0.2) is 29.2 Å². The highest BCUT2D eigenvalue weighted by molar-refractivity contribution is 7.89. The molecule has 0 fully saturated rings. The first kappa shape index (κ1) is 19.6. The van der Waals surface area contributed by atoms with E-state index in [0.717, 1.165) is 6.92 Å². The molecule has 1 rings (SSSR count). The Labute approximate surface area is 138 Å². The van der Waals surface area contributed by atoms with Crippen molar-refractivity contribution in [1.82, 2.24) is 4.72 Å². The van der Waals surface area contributed by atoms with Crippen LogP contribution in [0.3, 0.4) is 0 Å². The molecule has 132 valence electrons. The predicted molar refractivity (Wildman–Crippen MR) is 83.9 cm³/mol. The molecule has 24 heavy (non-hydrogen) atoms. The predicted octanol–water partition coefficient (Wildman–Crippen LogP) is 0.489. The first-order valence-electron chi connectivity index (χ1n) is 6.79. The maximum atomic E-state index is 12.2. The molecule has 9 nitrogen and oxygen atoms in total. The summed E-state index contributed by atoms with van der Waals surface area (Å²) in [6, 6.07) is 5.24. The molecule has 1 aromatic rings. The van der Waals surface area contributed by atoms with Gasteiger partial charge >= 0.3 is 11.9 Å². The fourth-order valence-corrected chi connectivity index (χ4v) is 2.98. The summed E-state index contributed by atoms with van der Waals surface area (Å²) < 4.78 is 26.5. The molecule has 0 aromatic heterocycles. The van der Waals surface area contributed by atoms with Crippen LogP contribution in [0, 0.1) is 5.41 Å². The van der Waals surface area contributed by atoms with Crippen LogP contribution in [0.2, 0.25) is 0 Å². The van der Waals surface area contributed by atoms with Crippen molar-refractivity contribution < 1.29 is 33.0 Å². The molecule has 0 aliphatic heterocycles. The molecule has 1 atom stereocenters. The summed E-state index contributed by atoms with van der Waals surface area (Å²) in [5.41, 5.74) is -1.38. The number of anilines is 1. The highest BCUT2D eigenvalue weighted by Crippen LogP contribution is 2.22. The fourth-order valence-electron chi connectivity index (χ4n) is 1.81. The minimum atomic E-state index is -4.03. The van der Waals surface area contributed by atoms with Crippen molar-refractivity contribution in [3.63, 3.8) is 0 Å². The number of hydrogen-bond acceptors (Lipinski definition) is 5. The van der Waals surface area contributed by atoms with Crippen LogP contribution >= 0.6 is 0 Å². The zero-order valence-corrected chi connectivity index (χ0v) is 13.9. The van der Waals surface area contributed by atoms with E-state index in [4.69, 9.17) is 10.2 Å². The van der Waals surface area contributed by atoms with E-state index in [0.29, 0.717) is 5.69 Å². The Balaban J connectivity index is 2.90. The third-order valence-electron chi connectivity index (χ3n) is 3.20. The maximum Gasteiger partial charge on any atom is 0.311 e. The number of carbonyl (C=O) groups is 3. The second-order valence-corrected chi connectivity index (χ2v) is 7.23. The number of amides is 1. The van der Waals surface area contributed by atoms with Gasteiger partial charge in [0.05, 0.1) is 16.7 Å². The van der Waals surface area contributed by atoms with Gasteiger partial charge in [0.1, 0.15) is 0 Å². The Bertz CT molecular complexity index is 743. The number of carboxylic acids is 2. The van der Waals surface area contributed by atoms with Gasteiger partial charge in [-0.1, -0.05) is 0 Å². The van der Waals surface area contributed by atoms with Gasteiger partial charge in [-0.3, -0.25) is 14.4 Å². The van der Waals surface area contributed by atoms with Crippen molar-refractivity contribution in [3.8, 4) is 0 Å². The van der Waals surface area contributed by atoms with E-state index in [1.807, 2.05) is 0 Å². The molecule has 1 unspecified atom stereocenters. The second-order valence-electron chi connectivity index (χ2n) is 5.47. The molecular formula is C14H18N2O7S. The standard InChI is InChI=1S/C14H18N2O7S/c1-9(17)16-10-3-5-11(6-4-10)24(22,23)15-8-14(2,13(20)21)7-12(18)19/h3-6,15H,7-8H2,1-2H3,(H,16,17)(H,18,19)(H,20,21). The molecule has 0 spiro atoms. The van der Waals surface area contributed by atoms with Crippen molar-refractivity contribution in [2.24, 2.45) is 5.41 Å². The Morgan fingerprint density at radius 1 is 1.12 bits per heavy atom. The molecule has 0 bridgehead atoms. The van der Waals surface area contributed by atoms with E-state index in [2.05, 4.69) is 10.0 Å². The molecule has 1 aromatic carbocycles. The number of aliphatic carboxylic acids is 2. The second kappa shape index (κ2) is 7.41. The number of carbonyl (C=O) groups excluding carboxylic acids is 1. The lowest BCUT2D eigenvalue weighted by atomic mass is 9.87. The van der Waals surface area contributed by atoms with Crippen LogP contribution < -0.4 is 10.0 Å². The van der Waals surface area contributed by atoms with Gasteiger partial charge in [0.25, 0.3) is 0 Å². The van der Waals surface area contributed by atoms with E-state index in [1.165, 1.54) is 31.2 Å². The third-order valence-corrected chi connectivity index (χ3v) is 4.61. The number of sulfonamides is 1. The van der Waals surface area contributed by atoms with Crippen LogP contribution in [0.25, 0.3) is 0 Å². The lowest BCUT2D eigenvalue weighted by Gasteiger charge is -2.23. The quantitative estimate of drug-likeness (QED) is 0.528. The van der Waals surface area contributed by atoms with E-state index < -0.39 is 40.3 Å². The normalized spacial score (nSPS) is 13.8. The van der Waals surface area contributed by atoms with Crippen molar-refractivity contribution in [2.45, 2.75) is 25.2 Å². The fraction of sp³-hybridized carbons (Fsp3) is 0.357.